The molecule has 4 heterocycles. The van der Waals surface area contributed by atoms with Gasteiger partial charge in [0.25, 0.3) is 5.56 Å². The zero-order chi connectivity index (χ0) is 25.5. The number of hydrogen-bond donors (Lipinski definition) is 0. The largest absolute Gasteiger partial charge is 0.491 e. The summed E-state index contributed by atoms with van der Waals surface area (Å²) in [4.78, 5) is 19.3. The third-order valence-corrected chi connectivity index (χ3v) is 7.61. The number of hydrogen-bond acceptors (Lipinski definition) is 7. The van der Waals surface area contributed by atoms with E-state index in [1.807, 2.05) is 97.7 Å². The predicted molar refractivity (Wildman–Crippen MR) is 149 cm³/mol. The number of rotatable bonds is 6. The molecule has 9 heteroatoms. The number of thiazole rings is 1. The molecule has 0 unspecified atom stereocenters. The van der Waals surface area contributed by atoms with Crippen molar-refractivity contribution in [1.82, 2.24) is 24.4 Å². The molecule has 0 fully saturated rings. The molecule has 0 aliphatic heterocycles. The van der Waals surface area contributed by atoms with Gasteiger partial charge in [-0.3, -0.25) is 4.79 Å². The standard InChI is InChI=1S/C28H23N5O2S2/c1-17(2)35-22-12-11-19(14-18(22)3)25-20(16-32(30-25)21-8-5-4-6-9-21)15-24-27(34)33-28(37-24)29-26(31-33)23-10-7-13-36-23/h4-17H,1-3H3/b24-15-. The Kier molecular flexibility index (Phi) is 5.94. The third-order valence-electron chi connectivity index (χ3n) is 5.78. The first kappa shape index (κ1) is 23.3. The van der Waals surface area contributed by atoms with Crippen LogP contribution in [0.3, 0.4) is 0 Å². The molecule has 0 aliphatic carbocycles. The van der Waals surface area contributed by atoms with Crippen molar-refractivity contribution in [1.29, 1.82) is 0 Å². The van der Waals surface area contributed by atoms with Crippen molar-refractivity contribution in [2.45, 2.75) is 26.9 Å². The number of ether oxygens (including phenoxy) is 1. The fourth-order valence-electron chi connectivity index (χ4n) is 4.10. The number of aromatic nitrogens is 5. The molecule has 4 aromatic heterocycles. The summed E-state index contributed by atoms with van der Waals surface area (Å²) in [5.74, 6) is 1.42. The maximum absolute atomic E-state index is 13.2. The molecular formula is C28H23N5O2S2. The average Bonchev–Trinajstić information content (AvgIpc) is 3.67. The molecule has 37 heavy (non-hydrogen) atoms. The van der Waals surface area contributed by atoms with Gasteiger partial charge in [-0.15, -0.1) is 16.4 Å². The highest BCUT2D eigenvalue weighted by atomic mass is 32.1. The highest BCUT2D eigenvalue weighted by molar-refractivity contribution is 7.15. The highest BCUT2D eigenvalue weighted by Gasteiger charge is 2.16. The Balaban J connectivity index is 1.48. The first-order valence-corrected chi connectivity index (χ1v) is 13.5. The Bertz CT molecular complexity index is 1820. The lowest BCUT2D eigenvalue weighted by Gasteiger charge is -2.13. The van der Waals surface area contributed by atoms with E-state index in [4.69, 9.17) is 9.84 Å². The van der Waals surface area contributed by atoms with E-state index in [2.05, 4.69) is 16.1 Å². The summed E-state index contributed by atoms with van der Waals surface area (Å²) in [6, 6.07) is 19.9. The molecule has 6 rings (SSSR count). The number of fused-ring (bicyclic) bond motifs is 1. The van der Waals surface area contributed by atoms with Gasteiger partial charge in [-0.2, -0.15) is 14.6 Å². The maximum Gasteiger partial charge on any atom is 0.291 e. The Labute approximate surface area is 220 Å². The minimum absolute atomic E-state index is 0.0906. The Morgan fingerprint density at radius 1 is 1.03 bits per heavy atom. The fraction of sp³-hybridized carbons (Fsp3) is 0.143. The van der Waals surface area contributed by atoms with E-state index < -0.39 is 0 Å². The van der Waals surface area contributed by atoms with Crippen LogP contribution in [0, 0.1) is 6.92 Å². The van der Waals surface area contributed by atoms with Crippen LogP contribution >= 0.6 is 22.7 Å². The zero-order valence-corrected chi connectivity index (χ0v) is 22.1. The first-order chi connectivity index (χ1) is 18.0. The van der Waals surface area contributed by atoms with Crippen LogP contribution in [0.2, 0.25) is 0 Å². The van der Waals surface area contributed by atoms with E-state index in [-0.39, 0.29) is 11.7 Å². The van der Waals surface area contributed by atoms with Crippen LogP contribution < -0.4 is 14.8 Å². The van der Waals surface area contributed by atoms with Gasteiger partial charge >= 0.3 is 0 Å². The van der Waals surface area contributed by atoms with Gasteiger partial charge in [0.15, 0.2) is 5.82 Å². The third kappa shape index (κ3) is 4.47. The minimum Gasteiger partial charge on any atom is -0.491 e. The molecule has 0 spiro atoms. The molecule has 0 amide bonds. The van der Waals surface area contributed by atoms with Crippen LogP contribution in [0.4, 0.5) is 0 Å². The number of thiophene rings is 1. The summed E-state index contributed by atoms with van der Waals surface area (Å²) in [5, 5.41) is 11.3. The molecule has 0 aliphatic rings. The van der Waals surface area contributed by atoms with E-state index >= 15 is 0 Å². The summed E-state index contributed by atoms with van der Waals surface area (Å²) in [6.07, 6.45) is 3.92. The summed E-state index contributed by atoms with van der Waals surface area (Å²) in [7, 11) is 0. The number of nitrogens with zero attached hydrogens (tertiary/aromatic N) is 5. The number of aryl methyl sites for hydroxylation is 1. The molecule has 0 bridgehead atoms. The van der Waals surface area contributed by atoms with E-state index in [0.29, 0.717) is 15.3 Å². The molecule has 6 aromatic rings. The Hall–Kier alpha value is -4.08. The first-order valence-electron chi connectivity index (χ1n) is 11.8. The van der Waals surface area contributed by atoms with E-state index in [0.717, 1.165) is 38.7 Å². The number of para-hydroxylation sites is 1. The van der Waals surface area contributed by atoms with E-state index in [1.165, 1.54) is 15.9 Å². The fourth-order valence-corrected chi connectivity index (χ4v) is 5.65. The Morgan fingerprint density at radius 3 is 2.57 bits per heavy atom. The maximum atomic E-state index is 13.2. The molecule has 0 radical (unpaired) electrons. The van der Waals surface area contributed by atoms with Gasteiger partial charge in [0, 0.05) is 17.3 Å². The van der Waals surface area contributed by atoms with Crippen molar-refractivity contribution in [2.24, 2.45) is 0 Å². The normalized spacial score (nSPS) is 12.2. The monoisotopic (exact) mass is 525 g/mol. The van der Waals surface area contributed by atoms with Crippen LogP contribution in [0.1, 0.15) is 25.0 Å². The summed E-state index contributed by atoms with van der Waals surface area (Å²) in [5.41, 5.74) is 4.33. The lowest BCUT2D eigenvalue weighted by Crippen LogP contribution is -2.23. The molecule has 0 N–H and O–H groups in total. The van der Waals surface area contributed by atoms with Crippen molar-refractivity contribution in [2.75, 3.05) is 0 Å². The van der Waals surface area contributed by atoms with Crippen molar-refractivity contribution < 1.29 is 4.74 Å². The highest BCUT2D eigenvalue weighted by Crippen LogP contribution is 2.29. The van der Waals surface area contributed by atoms with Crippen molar-refractivity contribution in [3.8, 4) is 33.4 Å². The van der Waals surface area contributed by atoms with Gasteiger partial charge in [-0.1, -0.05) is 35.6 Å². The SMILES string of the molecule is Cc1cc(-c2nn(-c3ccccc3)cc2/C=c2\sc3nc(-c4cccs4)nn3c2=O)ccc1OC(C)C. The van der Waals surface area contributed by atoms with Crippen molar-refractivity contribution in [3.05, 3.63) is 98.3 Å². The van der Waals surface area contributed by atoms with Crippen LogP contribution in [0.25, 0.3) is 38.7 Å². The van der Waals surface area contributed by atoms with Gasteiger partial charge < -0.3 is 4.74 Å². The quantitative estimate of drug-likeness (QED) is 0.292. The second-order valence-electron chi connectivity index (χ2n) is 8.88. The molecule has 184 valence electrons. The lowest BCUT2D eigenvalue weighted by atomic mass is 10.0. The molecular weight excluding hydrogens is 502 g/mol. The second kappa shape index (κ2) is 9.42. The van der Waals surface area contributed by atoms with Crippen LogP contribution in [0.15, 0.2) is 77.0 Å². The summed E-state index contributed by atoms with van der Waals surface area (Å²) in [6.45, 7) is 6.05. The topological polar surface area (TPSA) is 74.3 Å². The molecule has 7 nitrogen and oxygen atoms in total. The van der Waals surface area contributed by atoms with Gasteiger partial charge in [0.2, 0.25) is 4.96 Å². The van der Waals surface area contributed by atoms with Gasteiger partial charge in [0.05, 0.1) is 21.2 Å². The van der Waals surface area contributed by atoms with Gasteiger partial charge in [0.1, 0.15) is 11.4 Å². The van der Waals surface area contributed by atoms with Crippen molar-refractivity contribution in [3.63, 3.8) is 0 Å². The summed E-state index contributed by atoms with van der Waals surface area (Å²) >= 11 is 2.88. The van der Waals surface area contributed by atoms with Crippen LogP contribution in [-0.2, 0) is 0 Å². The van der Waals surface area contributed by atoms with E-state index in [1.54, 1.807) is 11.3 Å². The zero-order valence-electron chi connectivity index (χ0n) is 20.5. The predicted octanol–water partition coefficient (Wildman–Crippen LogP) is 5.38. The van der Waals surface area contributed by atoms with Crippen LogP contribution in [-0.4, -0.2) is 30.5 Å². The minimum atomic E-state index is -0.189. The molecule has 0 saturated heterocycles. The van der Waals surface area contributed by atoms with Gasteiger partial charge in [-0.05, 0) is 74.2 Å². The second-order valence-corrected chi connectivity index (χ2v) is 10.8. The lowest BCUT2D eigenvalue weighted by molar-refractivity contribution is 0.241. The Morgan fingerprint density at radius 2 is 1.86 bits per heavy atom. The van der Waals surface area contributed by atoms with Crippen molar-refractivity contribution >= 4 is 33.7 Å². The average molecular weight is 526 g/mol. The molecule has 0 atom stereocenters. The van der Waals surface area contributed by atoms with Crippen LogP contribution in [0.5, 0.6) is 5.75 Å². The molecule has 2 aromatic carbocycles. The smallest absolute Gasteiger partial charge is 0.291 e. The van der Waals surface area contributed by atoms with Gasteiger partial charge in [-0.25, -0.2) is 4.68 Å². The molecule has 0 saturated carbocycles. The van der Waals surface area contributed by atoms with E-state index in [9.17, 15) is 4.79 Å². The number of benzene rings is 2. The summed E-state index contributed by atoms with van der Waals surface area (Å²) < 4.78 is 9.70.